The lowest BCUT2D eigenvalue weighted by atomic mass is 9.80. The number of carboxylic acid groups (broad SMARTS) is 2. The Morgan fingerprint density at radius 2 is 1.83 bits per heavy atom. The first-order valence-corrected chi connectivity index (χ1v) is 10.2. The fourth-order valence-electron chi connectivity index (χ4n) is 3.26. The fourth-order valence-corrected chi connectivity index (χ4v) is 3.64. The number of aliphatic carboxylic acids is 2. The highest BCUT2D eigenvalue weighted by Crippen LogP contribution is 2.31. The van der Waals surface area contributed by atoms with Crippen LogP contribution in [-0.4, -0.2) is 27.1 Å². The minimum Gasteiger partial charge on any atom is -0.481 e. The molecule has 0 bridgehead atoms. The van der Waals surface area contributed by atoms with Crippen LogP contribution < -0.4 is 0 Å². The van der Waals surface area contributed by atoms with Gasteiger partial charge in [-0.25, -0.2) is 4.79 Å². The van der Waals surface area contributed by atoms with Crippen LogP contribution in [0, 0.1) is 5.41 Å². The minimum absolute atomic E-state index is 0.0359. The normalized spacial score (nSPS) is 17.7. The van der Waals surface area contributed by atoms with Crippen LogP contribution in [0.25, 0.3) is 10.9 Å². The first-order valence-electron chi connectivity index (χ1n) is 9.43. The van der Waals surface area contributed by atoms with E-state index in [4.69, 9.17) is 10.2 Å². The van der Waals surface area contributed by atoms with Crippen molar-refractivity contribution in [1.29, 1.82) is 0 Å². The van der Waals surface area contributed by atoms with E-state index in [-0.39, 0.29) is 12.0 Å². The van der Waals surface area contributed by atoms with Gasteiger partial charge in [-0.15, -0.1) is 0 Å². The second kappa shape index (κ2) is 9.13. The van der Waals surface area contributed by atoms with Crippen molar-refractivity contribution in [3.63, 3.8) is 0 Å². The van der Waals surface area contributed by atoms with E-state index < -0.39 is 17.4 Å². The zero-order chi connectivity index (χ0) is 21.7. The van der Waals surface area contributed by atoms with Gasteiger partial charge in [-0.3, -0.25) is 4.79 Å². The molecule has 0 fully saturated rings. The van der Waals surface area contributed by atoms with Crippen LogP contribution in [0.2, 0.25) is 0 Å². The predicted molar refractivity (Wildman–Crippen MR) is 120 cm³/mol. The largest absolute Gasteiger partial charge is 0.481 e. The number of aromatic amines is 1. The molecule has 154 valence electrons. The summed E-state index contributed by atoms with van der Waals surface area (Å²) in [5.41, 5.74) is 2.83. The van der Waals surface area contributed by atoms with E-state index in [0.717, 1.165) is 10.9 Å². The number of halogens is 1. The van der Waals surface area contributed by atoms with E-state index >= 15 is 0 Å². The van der Waals surface area contributed by atoms with E-state index in [0.29, 0.717) is 0 Å². The van der Waals surface area contributed by atoms with Crippen LogP contribution in [-0.2, 0) is 16.0 Å². The molecule has 3 aromatic rings. The Hall–Kier alpha value is -3.12. The standard InChI is InChI=1S/C15H12BrN.C9H10O4/c16-13-6-7-15-12(9-13)10-14(17-15)8-11-4-2-1-3-5-11;1-9(8(12)13)4-2-3-6(5-9)7(10)11/h1-7,9-10,17H,8H2;2-4H,5H2,1H3,(H,10,11)(H,12,13). The third-order valence-corrected chi connectivity index (χ3v) is 5.45. The molecule has 0 radical (unpaired) electrons. The quantitative estimate of drug-likeness (QED) is 0.467. The van der Waals surface area contributed by atoms with Gasteiger partial charge in [0.05, 0.1) is 5.41 Å². The number of hydrogen-bond donors (Lipinski definition) is 3. The molecule has 5 nitrogen and oxygen atoms in total. The van der Waals surface area contributed by atoms with Crippen LogP contribution in [0.5, 0.6) is 0 Å². The Morgan fingerprint density at radius 1 is 1.10 bits per heavy atom. The van der Waals surface area contributed by atoms with Gasteiger partial charge in [-0.05, 0) is 43.2 Å². The molecule has 1 heterocycles. The molecule has 0 saturated heterocycles. The summed E-state index contributed by atoms with van der Waals surface area (Å²) >= 11 is 3.49. The third kappa shape index (κ3) is 5.27. The lowest BCUT2D eigenvalue weighted by molar-refractivity contribution is -0.145. The number of fused-ring (bicyclic) bond motifs is 1. The Labute approximate surface area is 182 Å². The number of allylic oxidation sites excluding steroid dienone is 2. The van der Waals surface area contributed by atoms with Crippen LogP contribution in [0.1, 0.15) is 24.6 Å². The molecule has 1 aliphatic rings. The number of carboxylic acids is 2. The van der Waals surface area contributed by atoms with E-state index in [9.17, 15) is 9.59 Å². The van der Waals surface area contributed by atoms with Crippen molar-refractivity contribution in [1.82, 2.24) is 4.98 Å². The van der Waals surface area contributed by atoms with E-state index in [2.05, 4.69) is 69.4 Å². The second-order valence-corrected chi connectivity index (χ2v) is 8.36. The monoisotopic (exact) mass is 467 g/mol. The Balaban J connectivity index is 0.000000178. The summed E-state index contributed by atoms with van der Waals surface area (Å²) in [7, 11) is 0. The van der Waals surface area contributed by atoms with Crippen molar-refractivity contribution < 1.29 is 19.8 Å². The number of carbonyl (C=O) groups is 2. The molecule has 1 aromatic heterocycles. The SMILES string of the molecule is Brc1ccc2[nH]c(Cc3ccccc3)cc2c1.CC1(C(=O)O)C=CC=C(C(=O)O)C1. The van der Waals surface area contributed by atoms with E-state index in [1.807, 2.05) is 6.07 Å². The Kier molecular flexibility index (Phi) is 6.57. The molecule has 6 heteroatoms. The van der Waals surface area contributed by atoms with Gasteiger partial charge in [0.1, 0.15) is 0 Å². The van der Waals surface area contributed by atoms with Gasteiger partial charge in [0, 0.05) is 33.1 Å². The molecule has 0 spiro atoms. The van der Waals surface area contributed by atoms with Gasteiger partial charge in [0.15, 0.2) is 0 Å². The lowest BCUT2D eigenvalue weighted by Crippen LogP contribution is -2.28. The minimum atomic E-state index is -1.08. The van der Waals surface area contributed by atoms with Crippen molar-refractivity contribution in [3.05, 3.63) is 94.1 Å². The molecule has 1 unspecified atom stereocenters. The fraction of sp³-hybridized carbons (Fsp3) is 0.167. The summed E-state index contributed by atoms with van der Waals surface area (Å²) in [4.78, 5) is 24.8. The van der Waals surface area contributed by atoms with Crippen molar-refractivity contribution >= 4 is 38.8 Å². The zero-order valence-electron chi connectivity index (χ0n) is 16.4. The van der Waals surface area contributed by atoms with Gasteiger partial charge in [-0.1, -0.05) is 64.5 Å². The maximum absolute atomic E-state index is 10.8. The van der Waals surface area contributed by atoms with Gasteiger partial charge in [-0.2, -0.15) is 0 Å². The van der Waals surface area contributed by atoms with Crippen molar-refractivity contribution in [2.45, 2.75) is 19.8 Å². The molecule has 3 N–H and O–H groups in total. The number of benzene rings is 2. The molecule has 30 heavy (non-hydrogen) atoms. The molecule has 1 aliphatic carbocycles. The molecule has 4 rings (SSSR count). The topological polar surface area (TPSA) is 90.4 Å². The van der Waals surface area contributed by atoms with Crippen LogP contribution >= 0.6 is 15.9 Å². The van der Waals surface area contributed by atoms with Crippen molar-refractivity contribution in [2.75, 3.05) is 0 Å². The highest BCUT2D eigenvalue weighted by molar-refractivity contribution is 9.10. The summed E-state index contributed by atoms with van der Waals surface area (Å²) in [6.07, 6.45) is 5.39. The average molecular weight is 468 g/mol. The van der Waals surface area contributed by atoms with Gasteiger partial charge < -0.3 is 15.2 Å². The number of rotatable bonds is 4. The van der Waals surface area contributed by atoms with Crippen LogP contribution in [0.3, 0.4) is 0 Å². The number of aromatic nitrogens is 1. The molecule has 0 aliphatic heterocycles. The number of H-pyrrole nitrogens is 1. The maximum atomic E-state index is 10.8. The van der Waals surface area contributed by atoms with Crippen LogP contribution in [0.4, 0.5) is 0 Å². The average Bonchev–Trinajstić information content (AvgIpc) is 3.10. The molecular weight excluding hydrogens is 446 g/mol. The summed E-state index contributed by atoms with van der Waals surface area (Å²) in [5, 5.41) is 18.7. The lowest BCUT2D eigenvalue weighted by Gasteiger charge is -2.23. The van der Waals surface area contributed by atoms with E-state index in [1.165, 1.54) is 47.3 Å². The Bertz CT molecular complexity index is 1130. The Morgan fingerprint density at radius 3 is 2.50 bits per heavy atom. The summed E-state index contributed by atoms with van der Waals surface area (Å²) in [5.74, 6) is -2.06. The highest BCUT2D eigenvalue weighted by Gasteiger charge is 2.34. The van der Waals surface area contributed by atoms with Crippen molar-refractivity contribution in [2.24, 2.45) is 5.41 Å². The predicted octanol–water partition coefficient (Wildman–Crippen LogP) is 5.57. The molecular formula is C24H22BrNO4. The smallest absolute Gasteiger partial charge is 0.331 e. The highest BCUT2D eigenvalue weighted by atomic mass is 79.9. The first-order chi connectivity index (χ1) is 14.3. The third-order valence-electron chi connectivity index (χ3n) is 4.96. The summed E-state index contributed by atoms with van der Waals surface area (Å²) in [6.45, 7) is 1.50. The van der Waals surface area contributed by atoms with Gasteiger partial charge in [0.2, 0.25) is 0 Å². The molecule has 0 saturated carbocycles. The molecule has 0 amide bonds. The molecule has 1 atom stereocenters. The zero-order valence-corrected chi connectivity index (χ0v) is 18.0. The second-order valence-electron chi connectivity index (χ2n) is 7.44. The maximum Gasteiger partial charge on any atom is 0.331 e. The first kappa shape index (κ1) is 21.6. The summed E-state index contributed by atoms with van der Waals surface area (Å²) in [6, 6.07) is 19.0. The summed E-state index contributed by atoms with van der Waals surface area (Å²) < 4.78 is 1.12. The van der Waals surface area contributed by atoms with Crippen molar-refractivity contribution in [3.8, 4) is 0 Å². The number of nitrogens with one attached hydrogen (secondary N) is 1. The van der Waals surface area contributed by atoms with Gasteiger partial charge >= 0.3 is 11.9 Å². The number of hydrogen-bond acceptors (Lipinski definition) is 2. The molecule has 2 aromatic carbocycles. The van der Waals surface area contributed by atoms with Gasteiger partial charge in [0.25, 0.3) is 0 Å². The van der Waals surface area contributed by atoms with Crippen LogP contribution in [0.15, 0.2) is 82.9 Å². The van der Waals surface area contributed by atoms with E-state index in [1.54, 1.807) is 0 Å².